The number of urea groups is 1. The van der Waals surface area contributed by atoms with E-state index in [1.165, 1.54) is 7.11 Å². The van der Waals surface area contributed by atoms with E-state index in [2.05, 4.69) is 15.6 Å². The van der Waals surface area contributed by atoms with Crippen molar-refractivity contribution in [3.8, 4) is 17.2 Å². The van der Waals surface area contributed by atoms with Gasteiger partial charge in [-0.25, -0.2) is 4.79 Å². The van der Waals surface area contributed by atoms with Crippen molar-refractivity contribution in [2.75, 3.05) is 25.5 Å². The smallest absolute Gasteiger partial charge is 0.471 e. The van der Waals surface area contributed by atoms with Gasteiger partial charge in [0.25, 0.3) is 0 Å². The third-order valence-corrected chi connectivity index (χ3v) is 7.16. The van der Waals surface area contributed by atoms with Gasteiger partial charge in [-0.3, -0.25) is 9.78 Å². The summed E-state index contributed by atoms with van der Waals surface area (Å²) in [6, 6.07) is 10.2. The largest absolute Gasteiger partial charge is 0.496 e. The van der Waals surface area contributed by atoms with Crippen molar-refractivity contribution in [3.63, 3.8) is 0 Å². The molecule has 2 aromatic carbocycles. The van der Waals surface area contributed by atoms with Gasteiger partial charge in [-0.15, -0.1) is 0 Å². The first-order valence-corrected chi connectivity index (χ1v) is 12.9. The Hall–Kier alpha value is -3.73. The molecule has 1 saturated heterocycles. The number of pyridine rings is 1. The Morgan fingerprint density at radius 2 is 1.79 bits per heavy atom. The molecule has 1 aliphatic carbocycles. The third-order valence-electron chi connectivity index (χ3n) is 6.85. The first-order valence-electron chi connectivity index (χ1n) is 12.5. The highest BCUT2D eigenvalue weighted by atomic mass is 35.5. The predicted molar refractivity (Wildman–Crippen MR) is 140 cm³/mol. The Balaban J connectivity index is 1.36. The lowest BCUT2D eigenvalue weighted by molar-refractivity contribution is -0.186. The van der Waals surface area contributed by atoms with E-state index in [9.17, 15) is 22.8 Å². The molecule has 206 valence electrons. The topological polar surface area (TPSA) is 92.8 Å². The molecule has 5 rings (SSSR count). The van der Waals surface area contributed by atoms with Gasteiger partial charge in [0.2, 0.25) is 0 Å². The molecule has 0 radical (unpaired) electrons. The molecule has 8 nitrogen and oxygen atoms in total. The van der Waals surface area contributed by atoms with E-state index in [0.717, 1.165) is 23.3 Å². The number of carbonyl (C=O) groups excluding carboxylic acids is 2. The van der Waals surface area contributed by atoms with Gasteiger partial charge >= 0.3 is 18.1 Å². The molecule has 12 heteroatoms. The van der Waals surface area contributed by atoms with E-state index in [1.54, 1.807) is 36.5 Å². The van der Waals surface area contributed by atoms with Gasteiger partial charge in [0.1, 0.15) is 17.2 Å². The molecular formula is C27H26ClF3N4O4. The lowest BCUT2D eigenvalue weighted by Crippen LogP contribution is -2.45. The average molecular weight is 563 g/mol. The van der Waals surface area contributed by atoms with Crippen LogP contribution >= 0.6 is 11.6 Å². The van der Waals surface area contributed by atoms with Crippen molar-refractivity contribution >= 4 is 40.1 Å². The first kappa shape index (κ1) is 26.9. The molecule has 2 N–H and O–H groups in total. The average Bonchev–Trinajstić information content (AvgIpc) is 3.72. The second-order valence-corrected chi connectivity index (χ2v) is 10.0. The van der Waals surface area contributed by atoms with Crippen LogP contribution < -0.4 is 20.1 Å². The fourth-order valence-electron chi connectivity index (χ4n) is 4.68. The molecule has 3 aromatic rings. The van der Waals surface area contributed by atoms with Crippen LogP contribution in [0.25, 0.3) is 10.9 Å². The summed E-state index contributed by atoms with van der Waals surface area (Å²) in [6.07, 6.45) is -0.628. The van der Waals surface area contributed by atoms with Crippen molar-refractivity contribution in [1.29, 1.82) is 0 Å². The molecule has 39 heavy (non-hydrogen) atoms. The number of methoxy groups -OCH3 is 1. The van der Waals surface area contributed by atoms with Crippen LogP contribution in [0.5, 0.6) is 17.2 Å². The number of aromatic nitrogens is 1. The Bertz CT molecular complexity index is 1410. The van der Waals surface area contributed by atoms with Crippen LogP contribution in [0.2, 0.25) is 5.02 Å². The minimum Gasteiger partial charge on any atom is -0.496 e. The van der Waals surface area contributed by atoms with E-state index in [0.29, 0.717) is 51.7 Å². The fourth-order valence-corrected chi connectivity index (χ4v) is 4.90. The number of nitrogens with zero attached hydrogens (tertiary/aromatic N) is 2. The summed E-state index contributed by atoms with van der Waals surface area (Å²) in [7, 11) is 1.52. The Morgan fingerprint density at radius 1 is 1.05 bits per heavy atom. The van der Waals surface area contributed by atoms with E-state index < -0.39 is 12.1 Å². The number of ether oxygens (including phenoxy) is 2. The van der Waals surface area contributed by atoms with Gasteiger partial charge in [-0.1, -0.05) is 11.6 Å². The monoisotopic (exact) mass is 562 g/mol. The minimum absolute atomic E-state index is 0.00182. The summed E-state index contributed by atoms with van der Waals surface area (Å²) in [5, 5.41) is 6.55. The van der Waals surface area contributed by atoms with Crippen LogP contribution in [0.15, 0.2) is 42.6 Å². The summed E-state index contributed by atoms with van der Waals surface area (Å²) in [5.41, 5.74) is 1.87. The highest BCUT2D eigenvalue weighted by Crippen LogP contribution is 2.40. The summed E-state index contributed by atoms with van der Waals surface area (Å²) in [4.78, 5) is 28.9. The number of amides is 3. The maximum atomic E-state index is 12.9. The number of carbonyl (C=O) groups is 2. The molecule has 3 amide bonds. The van der Waals surface area contributed by atoms with Crippen molar-refractivity contribution in [3.05, 3.63) is 53.2 Å². The molecule has 0 unspecified atom stereocenters. The predicted octanol–water partition coefficient (Wildman–Crippen LogP) is 6.24. The van der Waals surface area contributed by atoms with E-state index in [1.807, 2.05) is 6.07 Å². The molecule has 1 aliphatic heterocycles. The number of hydrogen-bond donors (Lipinski definition) is 2. The van der Waals surface area contributed by atoms with Crippen molar-refractivity contribution in [2.45, 2.75) is 43.8 Å². The Labute approximate surface area is 227 Å². The summed E-state index contributed by atoms with van der Waals surface area (Å²) >= 11 is 6.39. The third kappa shape index (κ3) is 6.13. The summed E-state index contributed by atoms with van der Waals surface area (Å²) in [5.74, 6) is -0.421. The number of halogens is 4. The SMILES string of the molecule is COc1cc2nccc(Oc3ccc(NC(=O)NC4CC4)c(Cl)c3)c2cc1C1CCN(C(=O)C(F)(F)F)CC1. The fraction of sp³-hybridized carbons (Fsp3) is 0.370. The van der Waals surface area contributed by atoms with Gasteiger partial charge in [0, 0.05) is 42.8 Å². The minimum atomic E-state index is -4.88. The zero-order chi connectivity index (χ0) is 27.7. The molecule has 0 atom stereocenters. The second-order valence-electron chi connectivity index (χ2n) is 9.60. The lowest BCUT2D eigenvalue weighted by Gasteiger charge is -2.33. The van der Waals surface area contributed by atoms with Crippen LogP contribution in [0.3, 0.4) is 0 Å². The zero-order valence-corrected chi connectivity index (χ0v) is 21.7. The van der Waals surface area contributed by atoms with Crippen LogP contribution in [-0.2, 0) is 4.79 Å². The van der Waals surface area contributed by atoms with Gasteiger partial charge in [-0.2, -0.15) is 13.2 Å². The maximum absolute atomic E-state index is 12.9. The molecular weight excluding hydrogens is 537 g/mol. The number of anilines is 1. The number of rotatable bonds is 6. The maximum Gasteiger partial charge on any atom is 0.471 e. The lowest BCUT2D eigenvalue weighted by atomic mass is 9.87. The number of likely N-dealkylation sites (tertiary alicyclic amines) is 1. The van der Waals surface area contributed by atoms with E-state index in [-0.39, 0.29) is 31.1 Å². The number of fused-ring (bicyclic) bond motifs is 1. The molecule has 1 aromatic heterocycles. The van der Waals surface area contributed by atoms with Gasteiger partial charge in [0.15, 0.2) is 0 Å². The number of alkyl halides is 3. The van der Waals surface area contributed by atoms with E-state index >= 15 is 0 Å². The Morgan fingerprint density at radius 3 is 2.44 bits per heavy atom. The van der Waals surface area contributed by atoms with Crippen molar-refractivity contribution in [2.24, 2.45) is 0 Å². The van der Waals surface area contributed by atoms with Gasteiger partial charge in [-0.05, 0) is 61.4 Å². The second kappa shape index (κ2) is 10.8. The summed E-state index contributed by atoms with van der Waals surface area (Å²) < 4.78 is 50.3. The van der Waals surface area contributed by atoms with Gasteiger partial charge in [0.05, 0.1) is 23.3 Å². The highest BCUT2D eigenvalue weighted by Gasteiger charge is 2.43. The molecule has 2 aliphatic rings. The van der Waals surface area contributed by atoms with Crippen LogP contribution in [0.1, 0.15) is 37.2 Å². The van der Waals surface area contributed by atoms with Crippen LogP contribution in [0.4, 0.5) is 23.7 Å². The zero-order valence-electron chi connectivity index (χ0n) is 21.0. The number of hydrogen-bond acceptors (Lipinski definition) is 5. The number of piperidine rings is 1. The molecule has 2 heterocycles. The highest BCUT2D eigenvalue weighted by molar-refractivity contribution is 6.33. The van der Waals surface area contributed by atoms with E-state index in [4.69, 9.17) is 21.1 Å². The molecule has 1 saturated carbocycles. The van der Waals surface area contributed by atoms with Crippen molar-refractivity contribution in [1.82, 2.24) is 15.2 Å². The molecule has 2 fully saturated rings. The number of benzene rings is 2. The standard InChI is InChI=1S/C27H26ClF3N4O4/c1-38-24-14-22-19(13-18(24)15-7-10-35(11-8-15)25(36)27(29,30)31)23(6-9-32-22)39-17-4-5-21(20(28)12-17)34-26(37)33-16-2-3-16/h4-6,9,12-16H,2-3,7-8,10-11H2,1H3,(H2,33,34,37). The van der Waals surface area contributed by atoms with Crippen molar-refractivity contribution < 1.29 is 32.2 Å². The van der Waals surface area contributed by atoms with Crippen LogP contribution in [0, 0.1) is 0 Å². The van der Waals surface area contributed by atoms with Crippen LogP contribution in [-0.4, -0.2) is 54.2 Å². The molecule has 0 bridgehead atoms. The summed E-state index contributed by atoms with van der Waals surface area (Å²) in [6.45, 7) is -0.00365. The first-order chi connectivity index (χ1) is 18.6. The molecule has 0 spiro atoms. The van der Waals surface area contributed by atoms with Gasteiger partial charge < -0.3 is 25.0 Å². The quantitative estimate of drug-likeness (QED) is 0.371. The Kier molecular flexibility index (Phi) is 7.44. The number of nitrogens with one attached hydrogen (secondary N) is 2. The normalized spacial score (nSPS) is 16.2.